The second-order valence-electron chi connectivity index (χ2n) is 6.94. The highest BCUT2D eigenvalue weighted by Gasteiger charge is 2.27. The van der Waals surface area contributed by atoms with E-state index < -0.39 is 28.7 Å². The van der Waals surface area contributed by atoms with Gasteiger partial charge in [-0.25, -0.2) is 13.1 Å². The second-order valence-corrected chi connectivity index (χ2v) is 8.71. The first-order valence-electron chi connectivity index (χ1n) is 8.33. The molecule has 1 rings (SSSR count). The van der Waals surface area contributed by atoms with E-state index in [2.05, 4.69) is 14.8 Å². The molecule has 2 N–H and O–H groups in total. The fraction of sp³-hybridized carbons (Fsp3) is 0.588. The first-order chi connectivity index (χ1) is 12.3. The molecule has 0 spiro atoms. The SMILES string of the molecule is CC(C)(C)c1ccc(S(=O)(=O)NCCC(=O)NCCOCC(F)(F)F)cc1. The van der Waals surface area contributed by atoms with Crippen LogP contribution >= 0.6 is 0 Å². The van der Waals surface area contributed by atoms with E-state index in [9.17, 15) is 26.4 Å². The number of ether oxygens (including phenoxy) is 1. The molecule has 0 heterocycles. The molecule has 10 heteroatoms. The van der Waals surface area contributed by atoms with E-state index in [0.717, 1.165) is 5.56 Å². The summed E-state index contributed by atoms with van der Waals surface area (Å²) in [4.78, 5) is 11.7. The molecule has 0 unspecified atom stereocenters. The minimum Gasteiger partial charge on any atom is -0.370 e. The van der Waals surface area contributed by atoms with Crippen LogP contribution < -0.4 is 10.0 Å². The number of carbonyl (C=O) groups is 1. The van der Waals surface area contributed by atoms with Gasteiger partial charge in [0.25, 0.3) is 0 Å². The zero-order valence-corrected chi connectivity index (χ0v) is 16.3. The number of carbonyl (C=O) groups excluding carboxylic acids is 1. The number of nitrogens with one attached hydrogen (secondary N) is 2. The summed E-state index contributed by atoms with van der Waals surface area (Å²) in [7, 11) is -3.74. The molecule has 0 saturated carbocycles. The van der Waals surface area contributed by atoms with Gasteiger partial charge < -0.3 is 10.1 Å². The topological polar surface area (TPSA) is 84.5 Å². The van der Waals surface area contributed by atoms with E-state index >= 15 is 0 Å². The van der Waals surface area contributed by atoms with Crippen molar-refractivity contribution in [1.29, 1.82) is 0 Å². The molecule has 0 aliphatic heterocycles. The van der Waals surface area contributed by atoms with E-state index in [1.807, 2.05) is 20.8 Å². The van der Waals surface area contributed by atoms with Crippen molar-refractivity contribution in [2.45, 2.75) is 43.7 Å². The number of halogens is 3. The van der Waals surface area contributed by atoms with Crippen LogP contribution in [0.5, 0.6) is 0 Å². The number of sulfonamides is 1. The summed E-state index contributed by atoms with van der Waals surface area (Å²) in [5, 5.41) is 2.35. The van der Waals surface area contributed by atoms with Gasteiger partial charge >= 0.3 is 6.18 Å². The summed E-state index contributed by atoms with van der Waals surface area (Å²) in [5.41, 5.74) is 0.894. The Morgan fingerprint density at radius 3 is 2.19 bits per heavy atom. The normalized spacial score (nSPS) is 12.8. The van der Waals surface area contributed by atoms with Gasteiger partial charge in [-0.1, -0.05) is 32.9 Å². The third-order valence-electron chi connectivity index (χ3n) is 3.51. The highest BCUT2D eigenvalue weighted by molar-refractivity contribution is 7.89. The molecule has 0 atom stereocenters. The Bertz CT molecular complexity index is 711. The van der Waals surface area contributed by atoms with Crippen molar-refractivity contribution >= 4 is 15.9 Å². The third-order valence-corrected chi connectivity index (χ3v) is 4.99. The molecule has 1 aromatic carbocycles. The van der Waals surface area contributed by atoms with Crippen LogP contribution in [-0.4, -0.2) is 46.8 Å². The highest BCUT2D eigenvalue weighted by Crippen LogP contribution is 2.23. The molecule has 1 aromatic rings. The van der Waals surface area contributed by atoms with Gasteiger partial charge in [0.15, 0.2) is 0 Å². The van der Waals surface area contributed by atoms with Crippen LogP contribution in [0.1, 0.15) is 32.8 Å². The van der Waals surface area contributed by atoms with Crippen LogP contribution in [0.15, 0.2) is 29.2 Å². The predicted molar refractivity (Wildman–Crippen MR) is 94.8 cm³/mol. The number of hydrogen-bond acceptors (Lipinski definition) is 4. The van der Waals surface area contributed by atoms with Crippen molar-refractivity contribution in [3.05, 3.63) is 29.8 Å². The molecule has 0 radical (unpaired) electrons. The fourth-order valence-electron chi connectivity index (χ4n) is 2.06. The zero-order chi connectivity index (χ0) is 20.7. The molecule has 1 amide bonds. The second kappa shape index (κ2) is 9.52. The molecule has 0 aliphatic rings. The van der Waals surface area contributed by atoms with E-state index in [1.54, 1.807) is 12.1 Å². The summed E-state index contributed by atoms with van der Waals surface area (Å²) < 4.78 is 66.6. The van der Waals surface area contributed by atoms with E-state index in [4.69, 9.17) is 0 Å². The van der Waals surface area contributed by atoms with Crippen LogP contribution in [-0.2, 0) is 25.0 Å². The summed E-state index contributed by atoms with van der Waals surface area (Å²) in [6.45, 7) is 4.17. The third kappa shape index (κ3) is 9.21. The molecule has 0 aromatic heterocycles. The average Bonchev–Trinajstić information content (AvgIpc) is 2.52. The van der Waals surface area contributed by atoms with Gasteiger partial charge in [0.1, 0.15) is 6.61 Å². The van der Waals surface area contributed by atoms with Crippen LogP contribution in [0, 0.1) is 0 Å². The predicted octanol–water partition coefficient (Wildman–Crippen LogP) is 2.35. The van der Waals surface area contributed by atoms with Crippen molar-refractivity contribution < 1.29 is 31.1 Å². The lowest BCUT2D eigenvalue weighted by atomic mass is 9.87. The van der Waals surface area contributed by atoms with Crippen molar-refractivity contribution in [2.24, 2.45) is 0 Å². The smallest absolute Gasteiger partial charge is 0.370 e. The quantitative estimate of drug-likeness (QED) is 0.612. The number of benzene rings is 1. The largest absolute Gasteiger partial charge is 0.411 e. The standard InChI is InChI=1S/C17H25F3N2O4S/c1-16(2,3)13-4-6-14(7-5-13)27(24,25)22-9-8-15(23)21-10-11-26-12-17(18,19)20/h4-7,22H,8-12H2,1-3H3,(H,21,23). The first-order valence-corrected chi connectivity index (χ1v) is 9.81. The lowest BCUT2D eigenvalue weighted by Crippen LogP contribution is -2.33. The van der Waals surface area contributed by atoms with Crippen molar-refractivity contribution in [3.8, 4) is 0 Å². The molecular weight excluding hydrogens is 385 g/mol. The Morgan fingerprint density at radius 1 is 1.07 bits per heavy atom. The maximum Gasteiger partial charge on any atom is 0.411 e. The van der Waals surface area contributed by atoms with Crippen LogP contribution in [0.25, 0.3) is 0 Å². The zero-order valence-electron chi connectivity index (χ0n) is 15.5. The van der Waals surface area contributed by atoms with Crippen LogP contribution in [0.3, 0.4) is 0 Å². The molecule has 27 heavy (non-hydrogen) atoms. The summed E-state index contributed by atoms with van der Waals surface area (Å²) in [6.07, 6.45) is -4.55. The molecular formula is C17H25F3N2O4S. The van der Waals surface area contributed by atoms with E-state index in [0.29, 0.717) is 0 Å². The first kappa shape index (κ1) is 23.4. The Morgan fingerprint density at radius 2 is 1.67 bits per heavy atom. The molecule has 0 fully saturated rings. The van der Waals surface area contributed by atoms with Gasteiger partial charge in [-0.3, -0.25) is 4.79 Å². The maximum atomic E-state index is 12.2. The minimum absolute atomic E-state index is 0.0874. The number of amides is 1. The molecule has 0 aliphatic carbocycles. The summed E-state index contributed by atoms with van der Waals surface area (Å²) in [5.74, 6) is -0.489. The molecule has 154 valence electrons. The average molecular weight is 410 g/mol. The number of rotatable bonds is 9. The number of hydrogen-bond donors (Lipinski definition) is 2. The lowest BCUT2D eigenvalue weighted by Gasteiger charge is -2.19. The van der Waals surface area contributed by atoms with Gasteiger partial charge in [0, 0.05) is 19.5 Å². The molecule has 0 saturated heterocycles. The van der Waals surface area contributed by atoms with Crippen LogP contribution in [0.2, 0.25) is 0 Å². The summed E-state index contributed by atoms with van der Waals surface area (Å²) >= 11 is 0. The van der Waals surface area contributed by atoms with E-state index in [1.165, 1.54) is 12.1 Å². The monoisotopic (exact) mass is 410 g/mol. The van der Waals surface area contributed by atoms with Gasteiger partial charge in [0.05, 0.1) is 11.5 Å². The Kier molecular flexibility index (Phi) is 8.24. The minimum atomic E-state index is -4.41. The maximum absolute atomic E-state index is 12.2. The van der Waals surface area contributed by atoms with Crippen molar-refractivity contribution in [2.75, 3.05) is 26.3 Å². The van der Waals surface area contributed by atoms with Gasteiger partial charge in [-0.15, -0.1) is 0 Å². The lowest BCUT2D eigenvalue weighted by molar-refractivity contribution is -0.173. The van der Waals surface area contributed by atoms with Crippen LogP contribution in [0.4, 0.5) is 13.2 Å². The van der Waals surface area contributed by atoms with E-state index in [-0.39, 0.29) is 36.4 Å². The Labute approximate surface area is 157 Å². The summed E-state index contributed by atoms with van der Waals surface area (Å²) in [6, 6.07) is 6.48. The highest BCUT2D eigenvalue weighted by atomic mass is 32.2. The Balaban J connectivity index is 2.36. The molecule has 6 nitrogen and oxygen atoms in total. The fourth-order valence-corrected chi connectivity index (χ4v) is 3.09. The Hall–Kier alpha value is -1.65. The van der Waals surface area contributed by atoms with Gasteiger partial charge in [0.2, 0.25) is 15.9 Å². The van der Waals surface area contributed by atoms with Crippen molar-refractivity contribution in [3.63, 3.8) is 0 Å². The number of alkyl halides is 3. The van der Waals surface area contributed by atoms with Crippen molar-refractivity contribution in [1.82, 2.24) is 10.0 Å². The molecule has 0 bridgehead atoms. The van der Waals surface area contributed by atoms with Gasteiger partial charge in [-0.2, -0.15) is 13.2 Å². The van der Waals surface area contributed by atoms with Gasteiger partial charge in [-0.05, 0) is 23.1 Å².